The molecule has 8 N–H and O–H groups in total. The minimum atomic E-state index is -0.238. The van der Waals surface area contributed by atoms with Crippen LogP contribution < -0.4 is 15.1 Å². The van der Waals surface area contributed by atoms with Crippen molar-refractivity contribution in [2.75, 3.05) is 105 Å². The highest BCUT2D eigenvalue weighted by molar-refractivity contribution is 4.74. The molecular formula is C29H67N5O6+2. The van der Waals surface area contributed by atoms with Crippen LogP contribution in [0, 0.1) is 0 Å². The quantitative estimate of drug-likeness (QED) is 0.138. The lowest BCUT2D eigenvalue weighted by Crippen LogP contribution is -3.28. The first-order valence-corrected chi connectivity index (χ1v) is 15.7. The fraction of sp³-hybridized carbons (Fsp3) is 1.00. The molecule has 4 rings (SSSR count). The molecule has 4 aliphatic heterocycles. The summed E-state index contributed by atoms with van der Waals surface area (Å²) in [6.45, 7) is 24.6. The molecule has 0 amide bonds. The summed E-state index contributed by atoms with van der Waals surface area (Å²) in [5.41, 5.74) is 0. The zero-order valence-electron chi connectivity index (χ0n) is 26.7. The average molecular weight is 582 g/mol. The van der Waals surface area contributed by atoms with Crippen LogP contribution in [-0.4, -0.2) is 171 Å². The van der Waals surface area contributed by atoms with Crippen LogP contribution >= 0.6 is 0 Å². The van der Waals surface area contributed by atoms with Crippen molar-refractivity contribution >= 4 is 0 Å². The van der Waals surface area contributed by atoms with Crippen LogP contribution in [-0.2, 0) is 4.74 Å². The molecular weight excluding hydrogens is 514 g/mol. The minimum absolute atomic E-state index is 0.191. The summed E-state index contributed by atoms with van der Waals surface area (Å²) in [4.78, 5) is 7.52. The zero-order valence-corrected chi connectivity index (χ0v) is 26.7. The molecule has 40 heavy (non-hydrogen) atoms. The first-order chi connectivity index (χ1) is 19.0. The monoisotopic (exact) mass is 582 g/mol. The van der Waals surface area contributed by atoms with Crippen LogP contribution in [0.3, 0.4) is 0 Å². The minimum Gasteiger partial charge on any atom is -0.400 e. The molecule has 11 nitrogen and oxygen atoms in total. The lowest BCUT2D eigenvalue weighted by atomic mass is 10.2. The predicted molar refractivity (Wildman–Crippen MR) is 161 cm³/mol. The number of β-amino-alcohol motifs (C(OH)–C–C–N with tert-alkyl or cyclic N) is 2. The Balaban J connectivity index is 0.000000542. The fourth-order valence-electron chi connectivity index (χ4n) is 5.00. The van der Waals surface area contributed by atoms with Gasteiger partial charge in [0, 0.05) is 46.4 Å². The highest BCUT2D eigenvalue weighted by Crippen LogP contribution is 2.04. The standard InChI is InChI=1S/2C10H22N2O2.C5H11N.C3H6O.CH4O/c2*1-9(13)7-11-3-5-12(6-4-11)8-10(2)14;1-2-4-6-5-3-1;1-3-2-4-3;1-2/h2*9-10,13-14H,3-8H2,1-2H3;6H,1-5H2;3H,2H2,1H3;2H,1H3/p+2. The Kier molecular flexibility index (Phi) is 24.8. The zero-order chi connectivity index (χ0) is 30.3. The molecule has 242 valence electrons. The van der Waals surface area contributed by atoms with E-state index in [4.69, 9.17) is 9.84 Å². The highest BCUT2D eigenvalue weighted by Gasteiger charge is 2.24. The molecule has 5 atom stereocenters. The van der Waals surface area contributed by atoms with Crippen molar-refractivity contribution in [2.45, 2.75) is 84.4 Å². The van der Waals surface area contributed by atoms with E-state index in [0.29, 0.717) is 6.10 Å². The average Bonchev–Trinajstić information content (AvgIpc) is 3.70. The Hall–Kier alpha value is -0.440. The Morgan fingerprint density at radius 2 is 1.00 bits per heavy atom. The van der Waals surface area contributed by atoms with Crippen molar-refractivity contribution in [3.8, 4) is 0 Å². The molecule has 0 spiro atoms. The van der Waals surface area contributed by atoms with Crippen LogP contribution in [0.15, 0.2) is 0 Å². The van der Waals surface area contributed by atoms with Gasteiger partial charge >= 0.3 is 0 Å². The number of aliphatic hydroxyl groups excluding tert-OH is 5. The van der Waals surface area contributed by atoms with Crippen LogP contribution in [0.5, 0.6) is 0 Å². The number of ether oxygens (including phenoxy) is 1. The Morgan fingerprint density at radius 1 is 0.675 bits per heavy atom. The van der Waals surface area contributed by atoms with Crippen LogP contribution in [0.1, 0.15) is 53.9 Å². The maximum atomic E-state index is 9.25. The van der Waals surface area contributed by atoms with Crippen molar-refractivity contribution in [3.63, 3.8) is 0 Å². The molecule has 0 bridgehead atoms. The molecule has 0 saturated carbocycles. The van der Waals surface area contributed by atoms with E-state index in [9.17, 15) is 20.4 Å². The third-order valence-electron chi connectivity index (χ3n) is 7.05. The second-order valence-corrected chi connectivity index (χ2v) is 11.9. The van der Waals surface area contributed by atoms with Crippen LogP contribution in [0.4, 0.5) is 0 Å². The van der Waals surface area contributed by atoms with Crippen molar-refractivity contribution in [2.24, 2.45) is 0 Å². The summed E-state index contributed by atoms with van der Waals surface area (Å²) < 4.78 is 4.71. The topological polar surface area (TPSA) is 141 Å². The van der Waals surface area contributed by atoms with Gasteiger partial charge in [-0.25, -0.2) is 0 Å². The van der Waals surface area contributed by atoms with Crippen molar-refractivity contribution in [1.29, 1.82) is 0 Å². The Morgan fingerprint density at radius 3 is 1.18 bits per heavy atom. The summed E-state index contributed by atoms with van der Waals surface area (Å²) in [6, 6.07) is 0. The molecule has 0 aliphatic carbocycles. The molecule has 5 unspecified atom stereocenters. The number of piperazine rings is 2. The number of hydrogen-bond donors (Lipinski definition) is 8. The molecule has 11 heteroatoms. The normalized spacial score (nSPS) is 27.8. The molecule has 4 aliphatic rings. The van der Waals surface area contributed by atoms with Gasteiger partial charge in [-0.15, -0.1) is 0 Å². The van der Waals surface area contributed by atoms with E-state index in [1.54, 1.807) is 0 Å². The van der Waals surface area contributed by atoms with E-state index < -0.39 is 0 Å². The third-order valence-corrected chi connectivity index (χ3v) is 7.05. The van der Waals surface area contributed by atoms with Gasteiger partial charge in [0.15, 0.2) is 0 Å². The number of aliphatic hydroxyl groups is 5. The largest absolute Gasteiger partial charge is 0.400 e. The number of nitrogens with one attached hydrogen (secondary N) is 3. The van der Waals surface area contributed by atoms with Crippen molar-refractivity contribution < 1.29 is 40.1 Å². The maximum absolute atomic E-state index is 9.25. The summed E-state index contributed by atoms with van der Waals surface area (Å²) in [5, 5.41) is 47.2. The predicted octanol–water partition coefficient (Wildman–Crippen LogP) is -3.33. The van der Waals surface area contributed by atoms with Gasteiger partial charge in [-0.2, -0.15) is 0 Å². The fourth-order valence-corrected chi connectivity index (χ4v) is 5.00. The molecule has 4 heterocycles. The molecule has 0 aromatic heterocycles. The smallest absolute Gasteiger partial charge is 0.127 e. The second-order valence-electron chi connectivity index (χ2n) is 11.9. The van der Waals surface area contributed by atoms with Crippen molar-refractivity contribution in [3.05, 3.63) is 0 Å². The number of piperidine rings is 1. The van der Waals surface area contributed by atoms with Crippen LogP contribution in [0.2, 0.25) is 0 Å². The molecule has 0 aromatic rings. The second kappa shape index (κ2) is 25.1. The van der Waals surface area contributed by atoms with E-state index in [1.807, 2.05) is 27.7 Å². The Bertz CT molecular complexity index is 451. The third kappa shape index (κ3) is 25.3. The molecule has 0 aromatic carbocycles. The van der Waals surface area contributed by atoms with Gasteiger partial charge in [0.05, 0.1) is 24.9 Å². The maximum Gasteiger partial charge on any atom is 0.127 e. The molecule has 4 fully saturated rings. The van der Waals surface area contributed by atoms with Gasteiger partial charge in [0.1, 0.15) is 51.5 Å². The first kappa shape index (κ1) is 39.6. The lowest BCUT2D eigenvalue weighted by molar-refractivity contribution is -1.01. The molecule has 4 saturated heterocycles. The van der Waals surface area contributed by atoms with E-state index in [-0.39, 0.29) is 24.4 Å². The number of epoxide rings is 1. The summed E-state index contributed by atoms with van der Waals surface area (Å²) in [5.74, 6) is 0. The van der Waals surface area contributed by atoms with E-state index in [1.165, 1.54) is 42.2 Å². The number of rotatable bonds is 8. The highest BCUT2D eigenvalue weighted by atomic mass is 16.6. The first-order valence-electron chi connectivity index (χ1n) is 15.7. The van der Waals surface area contributed by atoms with E-state index >= 15 is 0 Å². The summed E-state index contributed by atoms with van der Waals surface area (Å²) >= 11 is 0. The SMILES string of the molecule is C1CCNCC1.CC(O)CN1CCN(CC(C)O)CC1.CC(O)C[NH+]1CC[NH+](CC(C)O)CC1.CC1CO1.CO. The number of hydrogen-bond acceptors (Lipinski definition) is 9. The molecule has 0 radical (unpaired) electrons. The van der Waals surface area contributed by atoms with Crippen molar-refractivity contribution in [1.82, 2.24) is 15.1 Å². The van der Waals surface area contributed by atoms with Gasteiger partial charge in [-0.1, -0.05) is 6.42 Å². The number of nitrogens with zero attached hydrogens (tertiary/aromatic N) is 2. The lowest BCUT2D eigenvalue weighted by Gasteiger charge is -2.35. The van der Waals surface area contributed by atoms with Gasteiger partial charge in [0.2, 0.25) is 0 Å². The summed E-state index contributed by atoms with van der Waals surface area (Å²) in [6.07, 6.45) is 3.94. The van der Waals surface area contributed by atoms with E-state index in [2.05, 4.69) is 22.0 Å². The van der Waals surface area contributed by atoms with Gasteiger partial charge in [0.25, 0.3) is 0 Å². The number of quaternary nitrogens is 2. The van der Waals surface area contributed by atoms with Crippen LogP contribution in [0.25, 0.3) is 0 Å². The van der Waals surface area contributed by atoms with Gasteiger partial charge in [-0.3, -0.25) is 9.80 Å². The van der Waals surface area contributed by atoms with Gasteiger partial charge in [-0.05, 0) is 60.5 Å². The van der Waals surface area contributed by atoms with E-state index in [0.717, 1.165) is 92.3 Å². The Labute approximate surface area is 245 Å². The summed E-state index contributed by atoms with van der Waals surface area (Å²) in [7, 11) is 1.00. The van der Waals surface area contributed by atoms with Gasteiger partial charge < -0.3 is 45.4 Å².